The van der Waals surface area contributed by atoms with E-state index in [1.807, 2.05) is 6.07 Å². The van der Waals surface area contributed by atoms with Crippen LogP contribution in [0, 0.1) is 0 Å². The molecule has 0 spiro atoms. The lowest BCUT2D eigenvalue weighted by Crippen LogP contribution is -2.22. The van der Waals surface area contributed by atoms with Crippen molar-refractivity contribution in [3.63, 3.8) is 0 Å². The molecule has 0 bridgehead atoms. The number of rotatable bonds is 1. The second-order valence-electron chi connectivity index (χ2n) is 3.76. The molecule has 1 heterocycles. The minimum Gasteiger partial charge on any atom is -0.478 e. The standard InChI is InChI=1S/C11H13NO2/c1-7-2-3-8-4-5-9(11(13)14)6-10(8)12-7/h4-7,12H,2-3H2,1H3,(H,13,14). The third kappa shape index (κ3) is 1.58. The van der Waals surface area contributed by atoms with Crippen molar-refractivity contribution in [1.82, 2.24) is 0 Å². The molecule has 2 N–H and O–H groups in total. The van der Waals surface area contributed by atoms with E-state index < -0.39 is 5.97 Å². The molecule has 0 aliphatic carbocycles. The molecule has 1 unspecified atom stereocenters. The molecule has 1 aliphatic rings. The molecule has 0 saturated heterocycles. The highest BCUT2D eigenvalue weighted by atomic mass is 16.4. The molecule has 0 amide bonds. The number of anilines is 1. The van der Waals surface area contributed by atoms with Crippen molar-refractivity contribution in [3.8, 4) is 0 Å². The molecule has 0 radical (unpaired) electrons. The molecule has 1 aromatic rings. The zero-order chi connectivity index (χ0) is 10.1. The van der Waals surface area contributed by atoms with Crippen LogP contribution >= 0.6 is 0 Å². The second-order valence-corrected chi connectivity index (χ2v) is 3.76. The normalized spacial score (nSPS) is 19.6. The maximum atomic E-state index is 10.7. The molecular weight excluding hydrogens is 178 g/mol. The van der Waals surface area contributed by atoms with E-state index >= 15 is 0 Å². The predicted octanol–water partition coefficient (Wildman–Crippen LogP) is 2.13. The van der Waals surface area contributed by atoms with Gasteiger partial charge in [0, 0.05) is 11.7 Å². The summed E-state index contributed by atoms with van der Waals surface area (Å²) in [6.07, 6.45) is 2.14. The summed E-state index contributed by atoms with van der Waals surface area (Å²) in [5, 5.41) is 12.1. The number of aryl methyl sites for hydroxylation is 1. The lowest BCUT2D eigenvalue weighted by atomic mass is 9.97. The highest BCUT2D eigenvalue weighted by Crippen LogP contribution is 2.25. The number of carbonyl (C=O) groups is 1. The van der Waals surface area contributed by atoms with Gasteiger partial charge in [-0.15, -0.1) is 0 Å². The van der Waals surface area contributed by atoms with Gasteiger partial charge in [-0.05, 0) is 37.5 Å². The van der Waals surface area contributed by atoms with E-state index in [9.17, 15) is 4.79 Å². The van der Waals surface area contributed by atoms with E-state index in [1.54, 1.807) is 12.1 Å². The SMILES string of the molecule is CC1CCc2ccc(C(=O)O)cc2N1. The van der Waals surface area contributed by atoms with Crippen LogP contribution in [0.25, 0.3) is 0 Å². The number of fused-ring (bicyclic) bond motifs is 1. The highest BCUT2D eigenvalue weighted by Gasteiger charge is 2.15. The molecule has 0 fully saturated rings. The van der Waals surface area contributed by atoms with Gasteiger partial charge in [0.25, 0.3) is 0 Å². The van der Waals surface area contributed by atoms with Gasteiger partial charge in [0.15, 0.2) is 0 Å². The van der Waals surface area contributed by atoms with E-state index in [0.717, 1.165) is 18.5 Å². The van der Waals surface area contributed by atoms with E-state index in [0.29, 0.717) is 11.6 Å². The molecule has 0 saturated carbocycles. The summed E-state index contributed by atoms with van der Waals surface area (Å²) >= 11 is 0. The fraction of sp³-hybridized carbons (Fsp3) is 0.364. The summed E-state index contributed by atoms with van der Waals surface area (Å²) in [5.74, 6) is -0.868. The van der Waals surface area contributed by atoms with Gasteiger partial charge in [0.1, 0.15) is 0 Å². The van der Waals surface area contributed by atoms with Gasteiger partial charge in [-0.2, -0.15) is 0 Å². The van der Waals surface area contributed by atoms with Crippen molar-refractivity contribution >= 4 is 11.7 Å². The Hall–Kier alpha value is -1.51. The molecule has 0 aromatic heterocycles. The Balaban J connectivity index is 2.37. The smallest absolute Gasteiger partial charge is 0.335 e. The summed E-state index contributed by atoms with van der Waals surface area (Å²) in [4.78, 5) is 10.7. The lowest BCUT2D eigenvalue weighted by molar-refractivity contribution is 0.0697. The van der Waals surface area contributed by atoms with Crippen molar-refractivity contribution in [2.75, 3.05) is 5.32 Å². The lowest BCUT2D eigenvalue weighted by Gasteiger charge is -2.24. The Morgan fingerprint density at radius 1 is 1.57 bits per heavy atom. The molecular formula is C11H13NO2. The summed E-state index contributed by atoms with van der Waals surface area (Å²) < 4.78 is 0. The first-order chi connectivity index (χ1) is 6.66. The van der Waals surface area contributed by atoms with Crippen molar-refractivity contribution < 1.29 is 9.90 Å². The Morgan fingerprint density at radius 2 is 2.36 bits per heavy atom. The first-order valence-electron chi connectivity index (χ1n) is 4.79. The Bertz CT molecular complexity index is 374. The summed E-state index contributed by atoms with van der Waals surface area (Å²) in [5.41, 5.74) is 2.54. The molecule has 74 valence electrons. The Labute approximate surface area is 82.8 Å². The monoisotopic (exact) mass is 191 g/mol. The minimum absolute atomic E-state index is 0.352. The van der Waals surface area contributed by atoms with Gasteiger partial charge in [-0.1, -0.05) is 6.07 Å². The number of hydrogen-bond acceptors (Lipinski definition) is 2. The quantitative estimate of drug-likeness (QED) is 0.715. The Morgan fingerprint density at radius 3 is 3.07 bits per heavy atom. The van der Waals surface area contributed by atoms with Crippen LogP contribution in [0.15, 0.2) is 18.2 Å². The van der Waals surface area contributed by atoms with Crippen LogP contribution in [0.5, 0.6) is 0 Å². The van der Waals surface area contributed by atoms with Crippen LogP contribution in [-0.2, 0) is 6.42 Å². The molecule has 1 aromatic carbocycles. The molecule has 14 heavy (non-hydrogen) atoms. The number of nitrogens with one attached hydrogen (secondary N) is 1. The first kappa shape index (κ1) is 9.06. The van der Waals surface area contributed by atoms with Crippen LogP contribution in [0.2, 0.25) is 0 Å². The van der Waals surface area contributed by atoms with E-state index in [-0.39, 0.29) is 0 Å². The molecule has 1 atom stereocenters. The Kier molecular flexibility index (Phi) is 2.15. The van der Waals surface area contributed by atoms with Crippen LogP contribution in [0.1, 0.15) is 29.3 Å². The third-order valence-corrected chi connectivity index (χ3v) is 2.61. The maximum Gasteiger partial charge on any atom is 0.335 e. The predicted molar refractivity (Wildman–Crippen MR) is 54.8 cm³/mol. The average molecular weight is 191 g/mol. The van der Waals surface area contributed by atoms with Gasteiger partial charge in [0.05, 0.1) is 5.56 Å². The third-order valence-electron chi connectivity index (χ3n) is 2.61. The molecule has 2 rings (SSSR count). The minimum atomic E-state index is -0.868. The number of carboxylic acids is 1. The molecule has 3 heteroatoms. The van der Waals surface area contributed by atoms with Gasteiger partial charge in [-0.25, -0.2) is 4.79 Å². The van der Waals surface area contributed by atoms with Crippen LogP contribution in [0.3, 0.4) is 0 Å². The number of hydrogen-bond donors (Lipinski definition) is 2. The van der Waals surface area contributed by atoms with E-state index in [1.165, 1.54) is 5.56 Å². The summed E-state index contributed by atoms with van der Waals surface area (Å²) in [7, 11) is 0. The van der Waals surface area contributed by atoms with Gasteiger partial charge in [-0.3, -0.25) is 0 Å². The van der Waals surface area contributed by atoms with Crippen molar-refractivity contribution in [1.29, 1.82) is 0 Å². The second kappa shape index (κ2) is 3.33. The fourth-order valence-corrected chi connectivity index (χ4v) is 1.77. The van der Waals surface area contributed by atoms with Crippen molar-refractivity contribution in [2.24, 2.45) is 0 Å². The summed E-state index contributed by atoms with van der Waals surface area (Å²) in [6, 6.07) is 5.72. The number of benzene rings is 1. The van der Waals surface area contributed by atoms with Crippen LogP contribution < -0.4 is 5.32 Å². The fourth-order valence-electron chi connectivity index (χ4n) is 1.77. The van der Waals surface area contributed by atoms with E-state index in [4.69, 9.17) is 5.11 Å². The van der Waals surface area contributed by atoms with Crippen LogP contribution in [0.4, 0.5) is 5.69 Å². The van der Waals surface area contributed by atoms with Crippen molar-refractivity contribution in [2.45, 2.75) is 25.8 Å². The molecule has 3 nitrogen and oxygen atoms in total. The summed E-state index contributed by atoms with van der Waals surface area (Å²) in [6.45, 7) is 2.11. The van der Waals surface area contributed by atoms with Gasteiger partial charge >= 0.3 is 5.97 Å². The number of aromatic carboxylic acids is 1. The maximum absolute atomic E-state index is 10.7. The number of carboxylic acid groups (broad SMARTS) is 1. The first-order valence-corrected chi connectivity index (χ1v) is 4.79. The van der Waals surface area contributed by atoms with E-state index in [2.05, 4.69) is 12.2 Å². The highest BCUT2D eigenvalue weighted by molar-refractivity contribution is 5.89. The zero-order valence-corrected chi connectivity index (χ0v) is 8.08. The van der Waals surface area contributed by atoms with Gasteiger partial charge in [0.2, 0.25) is 0 Å². The van der Waals surface area contributed by atoms with Crippen LogP contribution in [-0.4, -0.2) is 17.1 Å². The van der Waals surface area contributed by atoms with Crippen molar-refractivity contribution in [3.05, 3.63) is 29.3 Å². The molecule has 1 aliphatic heterocycles. The largest absolute Gasteiger partial charge is 0.478 e. The van der Waals surface area contributed by atoms with Gasteiger partial charge < -0.3 is 10.4 Å². The zero-order valence-electron chi connectivity index (χ0n) is 8.08. The average Bonchev–Trinajstić information content (AvgIpc) is 2.16. The topological polar surface area (TPSA) is 49.3 Å².